The molecule has 1 aromatic rings. The molecule has 6 nitrogen and oxygen atoms in total. The van der Waals surface area contributed by atoms with Gasteiger partial charge < -0.3 is 24.7 Å². The van der Waals surface area contributed by atoms with Crippen LogP contribution in [0.2, 0.25) is 0 Å². The van der Waals surface area contributed by atoms with E-state index >= 15 is 0 Å². The van der Waals surface area contributed by atoms with Crippen molar-refractivity contribution in [3.05, 3.63) is 24.2 Å². The second-order valence-corrected chi connectivity index (χ2v) is 6.47. The molecule has 0 spiro atoms. The van der Waals surface area contributed by atoms with E-state index in [0.29, 0.717) is 25.2 Å². The van der Waals surface area contributed by atoms with E-state index in [2.05, 4.69) is 48.5 Å². The normalized spacial score (nSPS) is 13.0. The Morgan fingerprint density at radius 3 is 2.54 bits per heavy atom. The van der Waals surface area contributed by atoms with Crippen LogP contribution >= 0.6 is 24.0 Å². The van der Waals surface area contributed by atoms with Crippen molar-refractivity contribution in [2.75, 3.05) is 40.8 Å². The van der Waals surface area contributed by atoms with E-state index in [-0.39, 0.29) is 24.0 Å². The van der Waals surface area contributed by atoms with Crippen molar-refractivity contribution < 1.29 is 9.15 Å². The maximum Gasteiger partial charge on any atom is 0.191 e. The Morgan fingerprint density at radius 1 is 1.27 bits per heavy atom. The number of hydrogen-bond donors (Lipinski definition) is 2. The summed E-state index contributed by atoms with van der Waals surface area (Å²) < 4.78 is 10.8. The number of rotatable bonds is 12. The maximum absolute atomic E-state index is 5.58. The van der Waals surface area contributed by atoms with E-state index in [1.165, 1.54) is 12.8 Å². The van der Waals surface area contributed by atoms with Crippen LogP contribution in [0.25, 0.3) is 0 Å². The first kappa shape index (κ1) is 25.2. The fourth-order valence-corrected chi connectivity index (χ4v) is 2.97. The van der Waals surface area contributed by atoms with Crippen LogP contribution in [-0.2, 0) is 11.3 Å². The van der Waals surface area contributed by atoms with Crippen molar-refractivity contribution >= 4 is 29.9 Å². The molecular weight excluding hydrogens is 443 g/mol. The zero-order valence-corrected chi connectivity index (χ0v) is 19.3. The number of guanidine groups is 1. The lowest BCUT2D eigenvalue weighted by Gasteiger charge is -2.32. The summed E-state index contributed by atoms with van der Waals surface area (Å²) >= 11 is 0. The molecule has 0 radical (unpaired) electrons. The number of aliphatic imine (C=N–C) groups is 1. The number of likely N-dealkylation sites (N-methyl/N-ethyl adjacent to an activating group) is 1. The van der Waals surface area contributed by atoms with E-state index in [9.17, 15) is 0 Å². The molecule has 0 fully saturated rings. The minimum atomic E-state index is 0. The first-order chi connectivity index (χ1) is 12.1. The van der Waals surface area contributed by atoms with Crippen LogP contribution in [0, 0.1) is 5.92 Å². The summed E-state index contributed by atoms with van der Waals surface area (Å²) in [5.74, 6) is 2.40. The summed E-state index contributed by atoms with van der Waals surface area (Å²) in [5.41, 5.74) is 0. The van der Waals surface area contributed by atoms with Gasteiger partial charge in [0, 0.05) is 32.8 Å². The highest BCUT2D eigenvalue weighted by atomic mass is 127. The molecule has 0 amide bonds. The molecule has 0 aliphatic rings. The summed E-state index contributed by atoms with van der Waals surface area (Å²) in [7, 11) is 6.11. The predicted octanol–water partition coefficient (Wildman–Crippen LogP) is 3.34. The lowest BCUT2D eigenvalue weighted by atomic mass is 9.93. The lowest BCUT2D eigenvalue weighted by molar-refractivity contribution is 0.105. The smallest absolute Gasteiger partial charge is 0.191 e. The Balaban J connectivity index is 0.00000625. The summed E-state index contributed by atoms with van der Waals surface area (Å²) in [6.07, 6.45) is 4.98. The van der Waals surface area contributed by atoms with E-state index in [0.717, 1.165) is 31.2 Å². The average molecular weight is 480 g/mol. The molecule has 1 rings (SSSR count). The largest absolute Gasteiger partial charge is 0.467 e. The first-order valence-electron chi connectivity index (χ1n) is 9.33. The standard InChI is InChI=1S/C19H36N4O2.HI/c1-6-16(7-2)18(23(4)5)14-22-19(20-3)21-11-9-12-24-15-17-10-8-13-25-17;/h8,10,13,16,18H,6-7,9,11-12,14-15H2,1-5H3,(H2,20,21,22);1H. The van der Waals surface area contributed by atoms with E-state index in [1.807, 2.05) is 19.2 Å². The Hall–Kier alpha value is -0.800. The molecule has 1 unspecified atom stereocenters. The van der Waals surface area contributed by atoms with Crippen LogP contribution in [-0.4, -0.2) is 57.7 Å². The van der Waals surface area contributed by atoms with Crippen molar-refractivity contribution in [3.8, 4) is 0 Å². The Labute approximate surface area is 176 Å². The molecule has 152 valence electrons. The summed E-state index contributed by atoms with van der Waals surface area (Å²) in [6.45, 7) is 7.48. The molecule has 0 aliphatic carbocycles. The summed E-state index contributed by atoms with van der Waals surface area (Å²) in [5, 5.41) is 6.80. The third-order valence-electron chi connectivity index (χ3n) is 4.54. The predicted molar refractivity (Wildman–Crippen MR) is 119 cm³/mol. The lowest BCUT2D eigenvalue weighted by Crippen LogP contribution is -2.48. The van der Waals surface area contributed by atoms with Gasteiger partial charge in [-0.25, -0.2) is 0 Å². The van der Waals surface area contributed by atoms with Gasteiger partial charge in [0.1, 0.15) is 12.4 Å². The second kappa shape index (κ2) is 15.3. The number of nitrogens with zero attached hydrogens (tertiary/aromatic N) is 2. The molecule has 0 bridgehead atoms. The monoisotopic (exact) mass is 480 g/mol. The first-order valence-corrected chi connectivity index (χ1v) is 9.33. The fourth-order valence-electron chi connectivity index (χ4n) is 2.97. The van der Waals surface area contributed by atoms with Crippen molar-refractivity contribution in [2.24, 2.45) is 10.9 Å². The third kappa shape index (κ3) is 9.78. The van der Waals surface area contributed by atoms with Crippen LogP contribution in [0.5, 0.6) is 0 Å². The summed E-state index contributed by atoms with van der Waals surface area (Å²) in [4.78, 5) is 6.61. The molecule has 1 heterocycles. The van der Waals surface area contributed by atoms with Crippen molar-refractivity contribution in [3.63, 3.8) is 0 Å². The van der Waals surface area contributed by atoms with Crippen molar-refractivity contribution in [1.29, 1.82) is 0 Å². The zero-order chi connectivity index (χ0) is 18.5. The average Bonchev–Trinajstić information content (AvgIpc) is 3.12. The van der Waals surface area contributed by atoms with Gasteiger partial charge in [0.2, 0.25) is 0 Å². The number of furan rings is 1. The van der Waals surface area contributed by atoms with E-state index in [4.69, 9.17) is 9.15 Å². The van der Waals surface area contributed by atoms with Crippen LogP contribution in [0.3, 0.4) is 0 Å². The van der Waals surface area contributed by atoms with Gasteiger partial charge in [0.15, 0.2) is 5.96 Å². The van der Waals surface area contributed by atoms with Gasteiger partial charge in [-0.3, -0.25) is 4.99 Å². The van der Waals surface area contributed by atoms with Crippen LogP contribution in [0.15, 0.2) is 27.8 Å². The third-order valence-corrected chi connectivity index (χ3v) is 4.54. The highest BCUT2D eigenvalue weighted by Crippen LogP contribution is 2.16. The maximum atomic E-state index is 5.58. The second-order valence-electron chi connectivity index (χ2n) is 6.47. The molecular formula is C19H37IN4O2. The zero-order valence-electron chi connectivity index (χ0n) is 17.0. The minimum absolute atomic E-state index is 0. The molecule has 0 aliphatic heterocycles. The Kier molecular flexibility index (Phi) is 14.8. The van der Waals surface area contributed by atoms with Crippen LogP contribution < -0.4 is 10.6 Å². The van der Waals surface area contributed by atoms with E-state index < -0.39 is 0 Å². The van der Waals surface area contributed by atoms with Gasteiger partial charge in [-0.15, -0.1) is 24.0 Å². The molecule has 1 aromatic heterocycles. The molecule has 0 saturated carbocycles. The quantitative estimate of drug-likeness (QED) is 0.208. The Morgan fingerprint density at radius 2 is 2.00 bits per heavy atom. The molecule has 2 N–H and O–H groups in total. The molecule has 7 heteroatoms. The highest BCUT2D eigenvalue weighted by molar-refractivity contribution is 14.0. The number of ether oxygens (including phenoxy) is 1. The number of hydrogen-bond acceptors (Lipinski definition) is 4. The molecule has 1 atom stereocenters. The SMILES string of the molecule is CCC(CC)C(CNC(=NC)NCCCOCc1ccco1)N(C)C.I. The van der Waals surface area contributed by atoms with Crippen molar-refractivity contribution in [1.82, 2.24) is 15.5 Å². The number of halogens is 1. The number of nitrogens with one attached hydrogen (secondary N) is 2. The van der Waals surface area contributed by atoms with Gasteiger partial charge in [-0.2, -0.15) is 0 Å². The van der Waals surface area contributed by atoms with Gasteiger partial charge in [-0.1, -0.05) is 26.7 Å². The van der Waals surface area contributed by atoms with Gasteiger partial charge in [0.25, 0.3) is 0 Å². The Bertz CT molecular complexity index is 462. The molecule has 26 heavy (non-hydrogen) atoms. The summed E-state index contributed by atoms with van der Waals surface area (Å²) in [6, 6.07) is 4.30. The molecule has 0 aromatic carbocycles. The van der Waals surface area contributed by atoms with E-state index in [1.54, 1.807) is 6.26 Å². The van der Waals surface area contributed by atoms with Crippen LogP contribution in [0.1, 0.15) is 38.9 Å². The fraction of sp³-hybridized carbons (Fsp3) is 0.737. The van der Waals surface area contributed by atoms with Gasteiger partial charge in [0.05, 0.1) is 6.26 Å². The van der Waals surface area contributed by atoms with Crippen molar-refractivity contribution in [2.45, 2.75) is 45.8 Å². The minimum Gasteiger partial charge on any atom is -0.467 e. The van der Waals surface area contributed by atoms with Crippen LogP contribution in [0.4, 0.5) is 0 Å². The molecule has 0 saturated heterocycles. The topological polar surface area (TPSA) is 62.0 Å². The highest BCUT2D eigenvalue weighted by Gasteiger charge is 2.20. The van der Waals surface area contributed by atoms with Gasteiger partial charge in [-0.05, 0) is 38.6 Å². The van der Waals surface area contributed by atoms with Gasteiger partial charge >= 0.3 is 0 Å².